The number of aliphatic carboxylic acids is 1. The smallest absolute Gasteiger partial charge is 0.407 e. The number of nitrogens with one attached hydrogen (secondary N) is 7. The van der Waals surface area contributed by atoms with Crippen LogP contribution in [-0.2, 0) is 73.2 Å². The Hall–Kier alpha value is -7.47. The maximum absolute atomic E-state index is 15.0. The molecule has 23 heteroatoms. The fourth-order valence-electron chi connectivity index (χ4n) is 9.75. The van der Waals surface area contributed by atoms with Crippen molar-refractivity contribution >= 4 is 53.5 Å². The van der Waals surface area contributed by atoms with Gasteiger partial charge in [0.15, 0.2) is 6.04 Å². The number of rotatable bonds is 29. The molecule has 7 amide bonds. The zero-order valence-corrected chi connectivity index (χ0v) is 56.0. The van der Waals surface area contributed by atoms with Crippen molar-refractivity contribution in [3.63, 3.8) is 0 Å². The van der Waals surface area contributed by atoms with Gasteiger partial charge in [0.05, 0.1) is 54.2 Å². The highest BCUT2D eigenvalue weighted by molar-refractivity contribution is 5.98. The van der Waals surface area contributed by atoms with Gasteiger partial charge in [-0.2, -0.15) is 0 Å². The van der Waals surface area contributed by atoms with Crippen LogP contribution in [0.5, 0.6) is 0 Å². The Balaban J connectivity index is 1.70. The van der Waals surface area contributed by atoms with Crippen LogP contribution in [0.2, 0.25) is 0 Å². The van der Waals surface area contributed by atoms with E-state index in [0.29, 0.717) is 5.56 Å². The molecule has 9 atom stereocenters. The van der Waals surface area contributed by atoms with Gasteiger partial charge in [0.25, 0.3) is 0 Å². The molecule has 4 rings (SSSR count). The Labute approximate surface area is 530 Å². The molecule has 8 N–H and O–H groups in total. The lowest BCUT2D eigenvalue weighted by molar-refractivity contribution is -0.157. The molecule has 0 radical (unpaired) electrons. The molecule has 3 aromatic rings. The van der Waals surface area contributed by atoms with E-state index in [2.05, 4.69) is 37.2 Å². The van der Waals surface area contributed by atoms with Crippen LogP contribution in [0.1, 0.15) is 161 Å². The zero-order chi connectivity index (χ0) is 67.9. The number of carbonyl (C=O) groups is 9. The first-order chi connectivity index (χ1) is 41.5. The van der Waals surface area contributed by atoms with Gasteiger partial charge in [-0.1, -0.05) is 92.7 Å². The van der Waals surface area contributed by atoms with Gasteiger partial charge >= 0.3 is 18.0 Å². The lowest BCUT2D eigenvalue weighted by atomic mass is 9.98. The predicted octanol–water partition coefficient (Wildman–Crippen LogP) is 6.56. The number of alkyl carbamates (subject to hydrolysis) is 1. The summed E-state index contributed by atoms with van der Waals surface area (Å²) in [4.78, 5) is 127. The first kappa shape index (κ1) is 75.0. The number of benzene rings is 3. The van der Waals surface area contributed by atoms with Gasteiger partial charge in [-0.15, -0.1) is 0 Å². The van der Waals surface area contributed by atoms with E-state index in [1.807, 2.05) is 48.5 Å². The lowest BCUT2D eigenvalue weighted by Gasteiger charge is -2.34. The summed E-state index contributed by atoms with van der Waals surface area (Å²) in [5.74, 6) is -8.93. The van der Waals surface area contributed by atoms with Gasteiger partial charge < -0.3 is 70.7 Å². The molecule has 3 aromatic carbocycles. The quantitative estimate of drug-likeness (QED) is 0.0342. The molecule has 0 aliphatic heterocycles. The van der Waals surface area contributed by atoms with Crippen LogP contribution in [0.3, 0.4) is 0 Å². The number of carboxylic acids is 1. The van der Waals surface area contributed by atoms with Crippen molar-refractivity contribution in [3.8, 4) is 11.1 Å². The maximum Gasteiger partial charge on any atom is 0.407 e. The molecule has 1 aliphatic rings. The SMILES string of the molecule is CC(C)[C@H](NC(=O)[C@H](CC(=O)OC(C)(C)C)NC(=O)[C@H](COC(C)(C)C)NC(=O)[C@@H](NC(=O)[C@H](Cc1ccccc1)NC(=O)[C@@H](NC(=O)OCC1c2ccccc2-c2ccccc21)[C@@H](C)OC(C)(C)C)[C@@H](C)OC(C)(C)C)C(=O)N[C@@H](COC(C)(C)C)C(=O)O. The van der Waals surface area contributed by atoms with Crippen LogP contribution in [-0.4, -0.2) is 161 Å². The van der Waals surface area contributed by atoms with Crippen LogP contribution in [0.25, 0.3) is 11.1 Å². The molecule has 0 unspecified atom stereocenters. The fourth-order valence-corrected chi connectivity index (χ4v) is 9.75. The molecule has 0 fully saturated rings. The Morgan fingerprint density at radius 3 is 1.31 bits per heavy atom. The number of hydrogen-bond acceptors (Lipinski definition) is 15. The first-order valence-corrected chi connectivity index (χ1v) is 30.6. The van der Waals surface area contributed by atoms with Gasteiger partial charge in [-0.05, 0) is 151 Å². The Kier molecular flexibility index (Phi) is 26.7. The van der Waals surface area contributed by atoms with E-state index in [4.69, 9.17) is 28.4 Å². The topological polar surface area (TPSA) is 313 Å². The fraction of sp³-hybridized carbons (Fsp3) is 0.597. The zero-order valence-electron chi connectivity index (χ0n) is 56.0. The molecule has 0 saturated heterocycles. The Morgan fingerprint density at radius 2 is 0.844 bits per heavy atom. The minimum absolute atomic E-state index is 0.0569. The summed E-state index contributed by atoms with van der Waals surface area (Å²) in [6.07, 6.45) is -3.96. The minimum Gasteiger partial charge on any atom is -0.480 e. The summed E-state index contributed by atoms with van der Waals surface area (Å²) in [7, 11) is 0. The minimum atomic E-state index is -1.77. The first-order valence-electron chi connectivity index (χ1n) is 30.6. The molecule has 23 nitrogen and oxygen atoms in total. The average molecular weight is 1260 g/mol. The van der Waals surface area contributed by atoms with E-state index >= 15 is 9.59 Å². The molecule has 90 heavy (non-hydrogen) atoms. The van der Waals surface area contributed by atoms with Crippen LogP contribution in [0, 0.1) is 5.92 Å². The second kappa shape index (κ2) is 32.0. The molecule has 498 valence electrons. The molecule has 0 saturated carbocycles. The summed E-state index contributed by atoms with van der Waals surface area (Å²) in [5.41, 5.74) is 0.160. The Bertz CT molecular complexity index is 2910. The average Bonchev–Trinajstić information content (AvgIpc) is 1.65. The molecular weight excluding hydrogens is 1160 g/mol. The Morgan fingerprint density at radius 1 is 0.444 bits per heavy atom. The summed E-state index contributed by atoms with van der Waals surface area (Å²) in [6.45, 7) is 30.9. The van der Waals surface area contributed by atoms with Crippen molar-refractivity contribution in [2.24, 2.45) is 5.92 Å². The number of carboxylic acid groups (broad SMARTS) is 1. The van der Waals surface area contributed by atoms with E-state index in [0.717, 1.165) is 22.3 Å². The normalized spacial score (nSPS) is 15.8. The van der Waals surface area contributed by atoms with Crippen LogP contribution < -0.4 is 37.2 Å². The van der Waals surface area contributed by atoms with E-state index < -0.39 is 162 Å². The van der Waals surface area contributed by atoms with Gasteiger partial charge in [0.1, 0.15) is 48.5 Å². The summed E-state index contributed by atoms with van der Waals surface area (Å²) in [6, 6.07) is 13.6. The molecule has 0 heterocycles. The molecule has 0 aromatic heterocycles. The molecule has 0 bridgehead atoms. The second-order valence-corrected chi connectivity index (χ2v) is 27.9. The van der Waals surface area contributed by atoms with E-state index in [-0.39, 0.29) is 18.9 Å². The number of esters is 1. The van der Waals surface area contributed by atoms with Crippen LogP contribution in [0.4, 0.5) is 4.79 Å². The van der Waals surface area contributed by atoms with E-state index in [1.165, 1.54) is 6.92 Å². The van der Waals surface area contributed by atoms with Crippen molar-refractivity contribution in [1.82, 2.24) is 37.2 Å². The van der Waals surface area contributed by atoms with Gasteiger partial charge in [-0.25, -0.2) is 9.59 Å². The molecular formula is C67H99N7O16. The highest BCUT2D eigenvalue weighted by Gasteiger charge is 2.41. The summed E-state index contributed by atoms with van der Waals surface area (Å²) >= 11 is 0. The third kappa shape index (κ3) is 25.1. The maximum atomic E-state index is 15.0. The van der Waals surface area contributed by atoms with Gasteiger partial charge in [0.2, 0.25) is 35.4 Å². The van der Waals surface area contributed by atoms with Gasteiger partial charge in [0, 0.05) is 12.3 Å². The summed E-state index contributed by atoms with van der Waals surface area (Å²) < 4.78 is 35.6. The van der Waals surface area contributed by atoms with Crippen molar-refractivity contribution in [3.05, 3.63) is 95.6 Å². The third-order valence-corrected chi connectivity index (χ3v) is 13.7. The highest BCUT2D eigenvalue weighted by atomic mass is 16.6. The predicted molar refractivity (Wildman–Crippen MR) is 339 cm³/mol. The van der Waals surface area contributed by atoms with Crippen LogP contribution >= 0.6 is 0 Å². The van der Waals surface area contributed by atoms with Crippen molar-refractivity contribution in [2.75, 3.05) is 19.8 Å². The number of hydrogen-bond donors (Lipinski definition) is 8. The van der Waals surface area contributed by atoms with Gasteiger partial charge in [-0.3, -0.25) is 33.6 Å². The van der Waals surface area contributed by atoms with Crippen molar-refractivity contribution < 1.29 is 76.7 Å². The van der Waals surface area contributed by atoms with E-state index in [9.17, 15) is 38.7 Å². The second-order valence-electron chi connectivity index (χ2n) is 27.9. The van der Waals surface area contributed by atoms with E-state index in [1.54, 1.807) is 155 Å². The van der Waals surface area contributed by atoms with Crippen molar-refractivity contribution in [2.45, 2.75) is 233 Å². The standard InChI is InChI=1S/C67H99N7O16/c1-38(2)52(58(79)71-50(61(82)83)37-87-64(8,9)10)72-56(77)48(34-51(75)90-67(17,18)19)68-57(78)49(36-86-63(5,6)7)70-59(80)53(39(3)88-65(11,12)13)73-55(76)47(33-41-27-21-20-22-28-41)69-60(81)54(40(4)89-66(14,15)16)74-62(84)85-35-46-44-31-25-23-29-42(44)43-30-24-26-32-45(43)46/h20-32,38-40,46-50,52-54H,33-37H2,1-19H3,(H,68,78)(H,69,81)(H,70,80)(H,71,79)(H,72,77)(H,73,76)(H,74,84)(H,82,83)/t39-,40-,47+,48+,49+,50+,52+,53+,54+/m1/s1. The number of amides is 7. The number of fused-ring (bicyclic) bond motifs is 3. The largest absolute Gasteiger partial charge is 0.480 e. The number of ether oxygens (including phenoxy) is 6. The highest BCUT2D eigenvalue weighted by Crippen LogP contribution is 2.44. The molecule has 1 aliphatic carbocycles. The molecule has 0 spiro atoms. The summed E-state index contributed by atoms with van der Waals surface area (Å²) in [5, 5.41) is 28.4. The monoisotopic (exact) mass is 1260 g/mol. The number of carbonyl (C=O) groups excluding carboxylic acids is 8. The lowest BCUT2D eigenvalue weighted by Crippen LogP contribution is -2.64. The van der Waals surface area contributed by atoms with Crippen LogP contribution in [0.15, 0.2) is 78.9 Å². The third-order valence-electron chi connectivity index (χ3n) is 13.7. The van der Waals surface area contributed by atoms with Crippen molar-refractivity contribution in [1.29, 1.82) is 0 Å².